The number of benzene rings is 2. The van der Waals surface area contributed by atoms with E-state index in [1.807, 2.05) is 48.5 Å². The van der Waals surface area contributed by atoms with Gasteiger partial charge in [-0.05, 0) is 58.0 Å². The lowest BCUT2D eigenvalue weighted by molar-refractivity contribution is 0.0990. The molecule has 28 heavy (non-hydrogen) atoms. The predicted molar refractivity (Wildman–Crippen MR) is 106 cm³/mol. The highest BCUT2D eigenvalue weighted by atomic mass is 16.5. The lowest BCUT2D eigenvalue weighted by atomic mass is 9.52. The molecule has 1 aliphatic rings. The van der Waals surface area contributed by atoms with Crippen LogP contribution in [0.2, 0.25) is 0 Å². The van der Waals surface area contributed by atoms with Crippen LogP contribution in [0.5, 0.6) is 11.5 Å². The molecule has 144 valence electrons. The Bertz CT molecular complexity index is 845. The van der Waals surface area contributed by atoms with Gasteiger partial charge in [-0.25, -0.2) is 0 Å². The first-order valence-corrected chi connectivity index (χ1v) is 9.04. The zero-order valence-electron chi connectivity index (χ0n) is 15.8. The molecule has 2 aromatic rings. The highest BCUT2D eigenvalue weighted by Crippen LogP contribution is 2.60. The smallest absolute Gasteiger partial charge is 0.122 e. The minimum absolute atomic E-state index is 0.0348. The maximum atomic E-state index is 8.85. The Morgan fingerprint density at radius 3 is 1.50 bits per heavy atom. The van der Waals surface area contributed by atoms with Crippen molar-refractivity contribution >= 4 is 0 Å². The van der Waals surface area contributed by atoms with Crippen LogP contribution in [-0.2, 0) is 0 Å². The molecule has 0 unspecified atom stereocenters. The fourth-order valence-corrected chi connectivity index (χ4v) is 4.41. The topological polar surface area (TPSA) is 116 Å². The minimum atomic E-state index is 0.0348. The van der Waals surface area contributed by atoms with Crippen LogP contribution in [0.25, 0.3) is 20.9 Å². The summed E-state index contributed by atoms with van der Waals surface area (Å²) in [6.45, 7) is 0.660. The largest absolute Gasteiger partial charge is 0.496 e. The minimum Gasteiger partial charge on any atom is -0.496 e. The van der Waals surface area contributed by atoms with E-state index in [1.54, 1.807) is 14.2 Å². The molecule has 0 saturated heterocycles. The number of hydrogen-bond donors (Lipinski definition) is 0. The Morgan fingerprint density at radius 1 is 0.750 bits per heavy atom. The molecule has 4 atom stereocenters. The predicted octanol–water partition coefficient (Wildman–Crippen LogP) is 5.44. The molecule has 1 fully saturated rings. The van der Waals surface area contributed by atoms with E-state index in [-0.39, 0.29) is 23.7 Å². The van der Waals surface area contributed by atoms with Gasteiger partial charge in [0.15, 0.2) is 0 Å². The first-order valence-electron chi connectivity index (χ1n) is 9.04. The number of hydrogen-bond acceptors (Lipinski definition) is 4. The van der Waals surface area contributed by atoms with Crippen molar-refractivity contribution in [3.8, 4) is 11.5 Å². The molecule has 0 aromatic heterocycles. The van der Waals surface area contributed by atoms with Gasteiger partial charge in [0.2, 0.25) is 0 Å². The molecule has 0 aliphatic heterocycles. The van der Waals surface area contributed by atoms with E-state index in [0.717, 1.165) is 22.6 Å². The van der Waals surface area contributed by atoms with Crippen molar-refractivity contribution in [3.63, 3.8) is 0 Å². The highest BCUT2D eigenvalue weighted by Gasteiger charge is 2.52. The van der Waals surface area contributed by atoms with E-state index in [2.05, 4.69) is 20.1 Å². The Balaban J connectivity index is 2.12. The number of rotatable bonds is 8. The average molecular weight is 378 g/mol. The van der Waals surface area contributed by atoms with Crippen LogP contribution >= 0.6 is 0 Å². The molecular weight excluding hydrogens is 356 g/mol. The lowest BCUT2D eigenvalue weighted by Gasteiger charge is -2.52. The van der Waals surface area contributed by atoms with Crippen molar-refractivity contribution in [3.05, 3.63) is 80.5 Å². The summed E-state index contributed by atoms with van der Waals surface area (Å²) in [5.41, 5.74) is 19.8. The molecule has 8 heteroatoms. The third-order valence-electron chi connectivity index (χ3n) is 5.57. The molecule has 0 N–H and O–H groups in total. The van der Waals surface area contributed by atoms with Crippen LogP contribution in [0.15, 0.2) is 58.8 Å². The van der Waals surface area contributed by atoms with Crippen molar-refractivity contribution in [2.45, 2.75) is 11.8 Å². The standard InChI is InChI=1S/C20H22N6O2/c1-27-17-9-5-3-7-13(17)19-15(11-23-25-21)16(12-24-26-22)20(19)14-8-4-6-10-18(14)28-2/h3-10,15-16,19-20H,11-12H2,1-2H3/t15-,16-,19-,20-/m1/s1. The molecule has 1 saturated carbocycles. The summed E-state index contributed by atoms with van der Waals surface area (Å²) in [4.78, 5) is 5.88. The SMILES string of the molecule is COc1ccccc1[C@@H]1[C@H](CN=[N+]=[N-])[C@@H](CN=[N+]=[N-])[C@H]1c1ccccc1OC. The quantitative estimate of drug-likeness (QED) is 0.345. The van der Waals surface area contributed by atoms with E-state index in [0.29, 0.717) is 13.1 Å². The summed E-state index contributed by atoms with van der Waals surface area (Å²) < 4.78 is 11.2. The van der Waals surface area contributed by atoms with Crippen LogP contribution in [0.4, 0.5) is 0 Å². The summed E-state index contributed by atoms with van der Waals surface area (Å²) in [5.74, 6) is 1.76. The van der Waals surface area contributed by atoms with Gasteiger partial charge in [0.1, 0.15) is 11.5 Å². The van der Waals surface area contributed by atoms with Crippen LogP contribution in [0.1, 0.15) is 23.0 Å². The van der Waals surface area contributed by atoms with Crippen molar-refractivity contribution in [2.24, 2.45) is 22.1 Å². The molecule has 0 heterocycles. The zero-order valence-corrected chi connectivity index (χ0v) is 15.8. The van der Waals surface area contributed by atoms with Crippen molar-refractivity contribution < 1.29 is 9.47 Å². The summed E-state index contributed by atoms with van der Waals surface area (Å²) in [7, 11) is 3.30. The average Bonchev–Trinajstić information content (AvgIpc) is 2.73. The fourth-order valence-electron chi connectivity index (χ4n) is 4.41. The Hall–Kier alpha value is -3.34. The Morgan fingerprint density at radius 2 is 1.14 bits per heavy atom. The monoisotopic (exact) mass is 378 g/mol. The van der Waals surface area contributed by atoms with Crippen LogP contribution in [0.3, 0.4) is 0 Å². The van der Waals surface area contributed by atoms with Gasteiger partial charge in [-0.2, -0.15) is 0 Å². The molecule has 3 rings (SSSR count). The van der Waals surface area contributed by atoms with Gasteiger partial charge in [0.25, 0.3) is 0 Å². The van der Waals surface area contributed by atoms with Crippen molar-refractivity contribution in [1.29, 1.82) is 0 Å². The third-order valence-corrected chi connectivity index (χ3v) is 5.57. The Labute approximate surface area is 163 Å². The van der Waals surface area contributed by atoms with Gasteiger partial charge >= 0.3 is 0 Å². The fraction of sp³-hybridized carbons (Fsp3) is 0.400. The van der Waals surface area contributed by atoms with E-state index < -0.39 is 0 Å². The van der Waals surface area contributed by atoms with E-state index in [1.165, 1.54) is 0 Å². The lowest BCUT2D eigenvalue weighted by Crippen LogP contribution is -2.46. The molecular formula is C20H22N6O2. The van der Waals surface area contributed by atoms with E-state index in [9.17, 15) is 0 Å². The number of ether oxygens (including phenoxy) is 2. The summed E-state index contributed by atoms with van der Waals surface area (Å²) >= 11 is 0. The molecule has 2 aromatic carbocycles. The van der Waals surface area contributed by atoms with Gasteiger partial charge in [-0.15, -0.1) is 0 Å². The first-order chi connectivity index (χ1) is 13.8. The maximum Gasteiger partial charge on any atom is 0.122 e. The number of azide groups is 2. The van der Waals surface area contributed by atoms with Crippen LogP contribution < -0.4 is 9.47 Å². The van der Waals surface area contributed by atoms with Gasteiger partial charge in [-0.1, -0.05) is 46.6 Å². The zero-order chi connectivity index (χ0) is 19.9. The number of methoxy groups -OCH3 is 2. The first kappa shape index (κ1) is 19.4. The highest BCUT2D eigenvalue weighted by molar-refractivity contribution is 5.47. The summed E-state index contributed by atoms with van der Waals surface area (Å²) in [6.07, 6.45) is 0. The van der Waals surface area contributed by atoms with Gasteiger partial charge in [-0.3, -0.25) is 0 Å². The maximum absolute atomic E-state index is 8.85. The van der Waals surface area contributed by atoms with E-state index >= 15 is 0 Å². The number of para-hydroxylation sites is 2. The number of nitrogens with zero attached hydrogens (tertiary/aromatic N) is 6. The summed E-state index contributed by atoms with van der Waals surface area (Å²) in [6, 6.07) is 15.8. The molecule has 0 spiro atoms. The summed E-state index contributed by atoms with van der Waals surface area (Å²) in [5, 5.41) is 7.66. The normalized spacial score (nSPS) is 22.9. The second kappa shape index (κ2) is 9.04. The van der Waals surface area contributed by atoms with Crippen LogP contribution in [0, 0.1) is 11.8 Å². The van der Waals surface area contributed by atoms with Crippen molar-refractivity contribution in [1.82, 2.24) is 0 Å². The second-order valence-corrected chi connectivity index (χ2v) is 6.69. The third kappa shape index (κ3) is 3.56. The molecule has 8 nitrogen and oxygen atoms in total. The molecule has 0 amide bonds. The Kier molecular flexibility index (Phi) is 6.27. The molecule has 0 radical (unpaired) electrons. The van der Waals surface area contributed by atoms with Gasteiger partial charge in [0, 0.05) is 22.9 Å². The van der Waals surface area contributed by atoms with Crippen LogP contribution in [-0.4, -0.2) is 27.3 Å². The van der Waals surface area contributed by atoms with E-state index in [4.69, 9.17) is 20.5 Å². The molecule has 1 aliphatic carbocycles. The molecule has 0 bridgehead atoms. The van der Waals surface area contributed by atoms with Crippen molar-refractivity contribution in [2.75, 3.05) is 27.3 Å². The van der Waals surface area contributed by atoms with Gasteiger partial charge < -0.3 is 9.47 Å². The van der Waals surface area contributed by atoms with Gasteiger partial charge in [0.05, 0.1) is 14.2 Å². The second-order valence-electron chi connectivity index (χ2n) is 6.69.